The van der Waals surface area contributed by atoms with Gasteiger partial charge >= 0.3 is 0 Å². The predicted octanol–water partition coefficient (Wildman–Crippen LogP) is 1.01. The number of rotatable bonds is 7. The van der Waals surface area contributed by atoms with Crippen molar-refractivity contribution in [1.82, 2.24) is 10.4 Å². The van der Waals surface area contributed by atoms with Crippen LogP contribution < -0.4 is 14.5 Å². The highest BCUT2D eigenvalue weighted by Gasteiger charge is 2.23. The molecule has 9 heteroatoms. The monoisotopic (exact) mass is 362 g/mol. The van der Waals surface area contributed by atoms with Crippen LogP contribution in [0.5, 0.6) is 5.75 Å². The van der Waals surface area contributed by atoms with Crippen LogP contribution in [0.1, 0.15) is 5.69 Å². The highest BCUT2D eigenvalue weighted by molar-refractivity contribution is 7.92. The molecule has 0 radical (unpaired) electrons. The third kappa shape index (κ3) is 5.28. The van der Waals surface area contributed by atoms with Crippen molar-refractivity contribution in [2.75, 3.05) is 24.2 Å². The van der Waals surface area contributed by atoms with Gasteiger partial charge in [0.1, 0.15) is 12.3 Å². The molecule has 2 rings (SSSR count). The molecule has 25 heavy (non-hydrogen) atoms. The molecule has 0 atom stereocenters. The summed E-state index contributed by atoms with van der Waals surface area (Å²) in [7, 11) is -2.27. The van der Waals surface area contributed by atoms with E-state index in [1.807, 2.05) is 0 Å². The van der Waals surface area contributed by atoms with Gasteiger partial charge in [-0.3, -0.25) is 14.1 Å². The van der Waals surface area contributed by atoms with Gasteiger partial charge in [-0.25, -0.2) is 13.8 Å². The number of amides is 1. The second kappa shape index (κ2) is 8.25. The average Bonchev–Trinajstić information content (AvgIpc) is 2.59. The third-order valence-corrected chi connectivity index (χ3v) is 4.24. The summed E-state index contributed by atoms with van der Waals surface area (Å²) in [6.45, 7) is -0.432. The van der Waals surface area contributed by atoms with Crippen LogP contribution in [0.15, 0.2) is 53.8 Å². The van der Waals surface area contributed by atoms with Crippen LogP contribution in [0.3, 0.4) is 0 Å². The number of nitrogens with zero attached hydrogens (tertiary/aromatic N) is 3. The number of carbonyl (C=O) groups excluding carboxylic acids is 1. The molecule has 2 aromatic rings. The molecule has 8 nitrogen and oxygen atoms in total. The molecule has 0 saturated carbocycles. The lowest BCUT2D eigenvalue weighted by atomic mass is 10.3. The van der Waals surface area contributed by atoms with Crippen LogP contribution >= 0.6 is 0 Å². The molecule has 0 saturated heterocycles. The Balaban J connectivity index is 2.12. The first-order chi connectivity index (χ1) is 11.9. The van der Waals surface area contributed by atoms with Crippen molar-refractivity contribution < 1.29 is 17.9 Å². The van der Waals surface area contributed by atoms with Crippen molar-refractivity contribution in [3.05, 3.63) is 54.4 Å². The summed E-state index contributed by atoms with van der Waals surface area (Å²) in [5, 5.41) is 3.77. The van der Waals surface area contributed by atoms with Crippen molar-refractivity contribution in [3.63, 3.8) is 0 Å². The molecule has 0 spiro atoms. The number of methoxy groups -OCH3 is 1. The minimum absolute atomic E-state index is 0.274. The summed E-state index contributed by atoms with van der Waals surface area (Å²) >= 11 is 0. The minimum atomic E-state index is -3.69. The van der Waals surface area contributed by atoms with Crippen LogP contribution in [-0.2, 0) is 14.8 Å². The summed E-state index contributed by atoms with van der Waals surface area (Å²) in [4.78, 5) is 16.1. The molecule has 0 unspecified atom stereocenters. The normalized spacial score (nSPS) is 11.3. The summed E-state index contributed by atoms with van der Waals surface area (Å²) < 4.78 is 30.3. The number of aromatic nitrogens is 1. The lowest BCUT2D eigenvalue weighted by Gasteiger charge is -2.23. The number of carbonyl (C=O) groups is 1. The van der Waals surface area contributed by atoms with E-state index in [1.165, 1.54) is 13.3 Å². The van der Waals surface area contributed by atoms with Crippen LogP contribution in [0.2, 0.25) is 0 Å². The Hall–Kier alpha value is -2.94. The van der Waals surface area contributed by atoms with E-state index in [0.29, 0.717) is 11.4 Å². The van der Waals surface area contributed by atoms with E-state index < -0.39 is 22.5 Å². The Kier molecular flexibility index (Phi) is 6.07. The van der Waals surface area contributed by atoms with Crippen LogP contribution in [0.25, 0.3) is 0 Å². The smallest absolute Gasteiger partial charge is 0.260 e. The fourth-order valence-corrected chi connectivity index (χ4v) is 2.87. The molecular weight excluding hydrogens is 344 g/mol. The first kappa shape index (κ1) is 18.4. The van der Waals surface area contributed by atoms with Gasteiger partial charge < -0.3 is 4.74 Å². The van der Waals surface area contributed by atoms with Gasteiger partial charge in [0.25, 0.3) is 5.91 Å². The number of nitrogens with one attached hydrogen (secondary N) is 1. The number of para-hydroxylation sites is 2. The topological polar surface area (TPSA) is 101 Å². The predicted molar refractivity (Wildman–Crippen MR) is 95.2 cm³/mol. The van der Waals surface area contributed by atoms with Crippen molar-refractivity contribution in [3.8, 4) is 5.75 Å². The maximum absolute atomic E-state index is 12.1. The Morgan fingerprint density at radius 3 is 2.64 bits per heavy atom. The molecule has 132 valence electrons. The van der Waals surface area contributed by atoms with Crippen molar-refractivity contribution in [2.45, 2.75) is 0 Å². The van der Waals surface area contributed by atoms with Gasteiger partial charge in [0.05, 0.1) is 31.0 Å². The highest BCUT2D eigenvalue weighted by atomic mass is 32.2. The largest absolute Gasteiger partial charge is 0.495 e. The van der Waals surface area contributed by atoms with Crippen molar-refractivity contribution in [1.29, 1.82) is 0 Å². The SMILES string of the molecule is COc1ccccc1N(CC(=O)N/N=C\c1ccccn1)S(C)(=O)=O. The summed E-state index contributed by atoms with van der Waals surface area (Å²) in [6, 6.07) is 11.8. The summed E-state index contributed by atoms with van der Waals surface area (Å²) in [5.74, 6) is -0.249. The maximum Gasteiger partial charge on any atom is 0.260 e. The van der Waals surface area contributed by atoms with Crippen molar-refractivity contribution in [2.24, 2.45) is 5.10 Å². The van der Waals surface area contributed by atoms with E-state index in [-0.39, 0.29) is 5.69 Å². The fourth-order valence-electron chi connectivity index (χ4n) is 2.01. The molecule has 1 aromatic heterocycles. The average molecular weight is 362 g/mol. The molecule has 0 aliphatic carbocycles. The summed E-state index contributed by atoms with van der Waals surface area (Å²) in [6.07, 6.45) is 3.98. The van der Waals surface area contributed by atoms with Crippen molar-refractivity contribution >= 4 is 27.8 Å². The first-order valence-electron chi connectivity index (χ1n) is 7.25. The fraction of sp³-hybridized carbons (Fsp3) is 0.188. The molecule has 1 N–H and O–H groups in total. The zero-order chi connectivity index (χ0) is 18.3. The standard InChI is InChI=1S/C16H18N4O4S/c1-24-15-9-4-3-8-14(15)20(25(2,22)23)12-16(21)19-18-11-13-7-5-6-10-17-13/h3-11H,12H2,1-2H3,(H,19,21)/b18-11-. The second-order valence-corrected chi connectivity index (χ2v) is 6.90. The van der Waals surface area contributed by atoms with E-state index in [0.717, 1.165) is 10.6 Å². The van der Waals surface area contributed by atoms with E-state index >= 15 is 0 Å². The lowest BCUT2D eigenvalue weighted by molar-refractivity contribution is -0.119. The quantitative estimate of drug-likeness (QED) is 0.585. The van der Waals surface area contributed by atoms with E-state index in [9.17, 15) is 13.2 Å². The number of anilines is 1. The van der Waals surface area contributed by atoms with Gasteiger partial charge in [-0.05, 0) is 24.3 Å². The number of ether oxygens (including phenoxy) is 1. The van der Waals surface area contributed by atoms with Crippen LogP contribution in [-0.4, -0.2) is 45.4 Å². The number of hydrogen-bond acceptors (Lipinski definition) is 6. The van der Waals surface area contributed by atoms with Crippen LogP contribution in [0.4, 0.5) is 5.69 Å². The molecule has 0 aliphatic rings. The minimum Gasteiger partial charge on any atom is -0.495 e. The third-order valence-electron chi connectivity index (χ3n) is 3.12. The van der Waals surface area contributed by atoms with E-state index in [2.05, 4.69) is 15.5 Å². The maximum atomic E-state index is 12.1. The molecule has 1 aromatic carbocycles. The molecule has 0 aliphatic heterocycles. The number of pyridine rings is 1. The second-order valence-electron chi connectivity index (χ2n) is 4.99. The zero-order valence-electron chi connectivity index (χ0n) is 13.8. The van der Waals surface area contributed by atoms with Gasteiger partial charge in [-0.15, -0.1) is 0 Å². The zero-order valence-corrected chi connectivity index (χ0v) is 14.6. The first-order valence-corrected chi connectivity index (χ1v) is 9.10. The van der Waals surface area contributed by atoms with E-state index in [4.69, 9.17) is 4.74 Å². The molecular formula is C16H18N4O4S. The Morgan fingerprint density at radius 2 is 2.00 bits per heavy atom. The molecule has 0 bridgehead atoms. The lowest BCUT2D eigenvalue weighted by Crippen LogP contribution is -2.39. The molecule has 0 fully saturated rings. The number of hydrazone groups is 1. The van der Waals surface area contributed by atoms with E-state index in [1.54, 1.807) is 48.7 Å². The Morgan fingerprint density at radius 1 is 1.28 bits per heavy atom. The highest BCUT2D eigenvalue weighted by Crippen LogP contribution is 2.29. The molecule has 1 amide bonds. The molecule has 1 heterocycles. The van der Waals surface area contributed by atoms with Gasteiger partial charge in [-0.1, -0.05) is 18.2 Å². The Labute approximate surface area is 146 Å². The number of sulfonamides is 1. The summed E-state index contributed by atoms with van der Waals surface area (Å²) in [5.41, 5.74) is 3.12. The van der Waals surface area contributed by atoms with Gasteiger partial charge in [0.2, 0.25) is 10.0 Å². The van der Waals surface area contributed by atoms with Crippen LogP contribution in [0, 0.1) is 0 Å². The Bertz CT molecular complexity index is 853. The van der Waals surface area contributed by atoms with Gasteiger partial charge in [0, 0.05) is 6.20 Å². The number of hydrogen-bond donors (Lipinski definition) is 1. The van der Waals surface area contributed by atoms with Gasteiger partial charge in [-0.2, -0.15) is 5.10 Å². The number of benzene rings is 1. The van der Waals surface area contributed by atoms with Gasteiger partial charge in [0.15, 0.2) is 0 Å².